The van der Waals surface area contributed by atoms with Gasteiger partial charge in [0.05, 0.1) is 17.3 Å². The molecule has 0 aliphatic heterocycles. The van der Waals surface area contributed by atoms with E-state index in [-0.39, 0.29) is 0 Å². The highest BCUT2D eigenvalue weighted by atomic mass is 16.1. The Bertz CT molecular complexity index is 341. The summed E-state index contributed by atoms with van der Waals surface area (Å²) >= 11 is 0. The van der Waals surface area contributed by atoms with Gasteiger partial charge in [0.1, 0.15) is 6.29 Å². The third-order valence-corrected chi connectivity index (χ3v) is 1.39. The normalized spacial score (nSPS) is 8.67. The molecule has 1 aromatic rings. The minimum Gasteiger partial charge on any atom is -0.324 e. The standard InChI is InChI=1S/C8H7N3O/c9-4-6-1-7(5-12)3-8(2-6)11-10/h1-3,5,11H,10H2. The van der Waals surface area contributed by atoms with Crippen LogP contribution in [0.2, 0.25) is 0 Å². The molecule has 0 heterocycles. The molecule has 4 heteroatoms. The van der Waals surface area contributed by atoms with Gasteiger partial charge >= 0.3 is 0 Å². The third-order valence-electron chi connectivity index (χ3n) is 1.39. The first kappa shape index (κ1) is 8.24. The number of hydrazine groups is 1. The number of nitrogens with one attached hydrogen (secondary N) is 1. The molecule has 0 saturated carbocycles. The maximum atomic E-state index is 10.4. The molecule has 0 spiro atoms. The van der Waals surface area contributed by atoms with Crippen molar-refractivity contribution in [2.45, 2.75) is 0 Å². The van der Waals surface area contributed by atoms with E-state index in [0.717, 1.165) is 0 Å². The lowest BCUT2D eigenvalue weighted by molar-refractivity contribution is 0.112. The third kappa shape index (κ3) is 1.59. The van der Waals surface area contributed by atoms with Crippen molar-refractivity contribution in [1.82, 2.24) is 0 Å². The summed E-state index contributed by atoms with van der Waals surface area (Å²) in [5.41, 5.74) is 3.76. The predicted octanol–water partition coefficient (Wildman–Crippen LogP) is 0.656. The van der Waals surface area contributed by atoms with Gasteiger partial charge in [-0.05, 0) is 18.2 Å². The summed E-state index contributed by atoms with van der Waals surface area (Å²) in [4.78, 5) is 10.4. The van der Waals surface area contributed by atoms with Crippen molar-refractivity contribution < 1.29 is 4.79 Å². The van der Waals surface area contributed by atoms with Crippen LogP contribution in [-0.2, 0) is 0 Å². The number of aldehydes is 1. The second-order valence-corrected chi connectivity index (χ2v) is 2.22. The Morgan fingerprint density at radius 3 is 2.75 bits per heavy atom. The number of nitrogens with zero attached hydrogens (tertiary/aromatic N) is 1. The number of carbonyl (C=O) groups excluding carboxylic acids is 1. The summed E-state index contributed by atoms with van der Waals surface area (Å²) in [5.74, 6) is 5.12. The van der Waals surface area contributed by atoms with Crippen LogP contribution in [0.4, 0.5) is 5.69 Å². The number of carbonyl (C=O) groups is 1. The van der Waals surface area contributed by atoms with E-state index in [1.807, 2.05) is 6.07 Å². The molecule has 60 valence electrons. The maximum absolute atomic E-state index is 10.4. The first-order valence-corrected chi connectivity index (χ1v) is 3.27. The van der Waals surface area contributed by atoms with E-state index in [1.165, 1.54) is 6.07 Å². The largest absolute Gasteiger partial charge is 0.324 e. The molecule has 12 heavy (non-hydrogen) atoms. The molecular weight excluding hydrogens is 154 g/mol. The van der Waals surface area contributed by atoms with Crippen LogP contribution in [0, 0.1) is 11.3 Å². The van der Waals surface area contributed by atoms with E-state index >= 15 is 0 Å². The SMILES string of the molecule is N#Cc1cc(C=O)cc(NN)c1. The highest BCUT2D eigenvalue weighted by molar-refractivity contribution is 5.78. The Hall–Kier alpha value is -1.86. The van der Waals surface area contributed by atoms with Crippen molar-refractivity contribution >= 4 is 12.0 Å². The van der Waals surface area contributed by atoms with Gasteiger partial charge in [-0.3, -0.25) is 10.6 Å². The van der Waals surface area contributed by atoms with E-state index in [0.29, 0.717) is 23.1 Å². The van der Waals surface area contributed by atoms with Gasteiger partial charge in [-0.1, -0.05) is 0 Å². The first-order valence-electron chi connectivity index (χ1n) is 3.27. The number of nitrogens with two attached hydrogens (primary N) is 1. The highest BCUT2D eigenvalue weighted by Crippen LogP contribution is 2.11. The summed E-state index contributed by atoms with van der Waals surface area (Å²) < 4.78 is 0. The molecule has 0 aromatic heterocycles. The molecule has 0 unspecified atom stereocenters. The van der Waals surface area contributed by atoms with Crippen molar-refractivity contribution in [3.8, 4) is 6.07 Å². The lowest BCUT2D eigenvalue weighted by Crippen LogP contribution is -2.07. The van der Waals surface area contributed by atoms with Gasteiger partial charge in [-0.2, -0.15) is 5.26 Å². The molecule has 1 aromatic carbocycles. The number of benzene rings is 1. The number of hydrogen-bond donors (Lipinski definition) is 2. The topological polar surface area (TPSA) is 78.9 Å². The van der Waals surface area contributed by atoms with Crippen molar-refractivity contribution in [2.75, 3.05) is 5.43 Å². The van der Waals surface area contributed by atoms with E-state index in [4.69, 9.17) is 11.1 Å². The molecule has 4 nitrogen and oxygen atoms in total. The Morgan fingerprint density at radius 2 is 2.25 bits per heavy atom. The van der Waals surface area contributed by atoms with Crippen LogP contribution in [0.3, 0.4) is 0 Å². The van der Waals surface area contributed by atoms with E-state index in [1.54, 1.807) is 12.1 Å². The molecule has 0 fully saturated rings. The molecule has 0 saturated heterocycles. The lowest BCUT2D eigenvalue weighted by Gasteiger charge is -2.00. The molecule has 0 bridgehead atoms. The summed E-state index contributed by atoms with van der Waals surface area (Å²) in [6.45, 7) is 0. The lowest BCUT2D eigenvalue weighted by atomic mass is 10.1. The van der Waals surface area contributed by atoms with Gasteiger partial charge in [0, 0.05) is 5.56 Å². The van der Waals surface area contributed by atoms with Gasteiger partial charge in [-0.15, -0.1) is 0 Å². The van der Waals surface area contributed by atoms with Gasteiger partial charge < -0.3 is 5.43 Å². The highest BCUT2D eigenvalue weighted by Gasteiger charge is 1.97. The van der Waals surface area contributed by atoms with Crippen LogP contribution in [0.15, 0.2) is 18.2 Å². The van der Waals surface area contributed by atoms with Crippen molar-refractivity contribution in [2.24, 2.45) is 5.84 Å². The van der Waals surface area contributed by atoms with Gasteiger partial charge in [0.2, 0.25) is 0 Å². The maximum Gasteiger partial charge on any atom is 0.150 e. The monoisotopic (exact) mass is 161 g/mol. The second-order valence-electron chi connectivity index (χ2n) is 2.22. The quantitative estimate of drug-likeness (QED) is 0.379. The zero-order valence-corrected chi connectivity index (χ0v) is 6.24. The average molecular weight is 161 g/mol. The number of rotatable bonds is 2. The summed E-state index contributed by atoms with van der Waals surface area (Å²) in [7, 11) is 0. The fourth-order valence-electron chi connectivity index (χ4n) is 0.868. The van der Waals surface area contributed by atoms with Crippen molar-refractivity contribution in [1.29, 1.82) is 5.26 Å². The minimum atomic E-state index is 0.410. The molecule has 0 aliphatic rings. The van der Waals surface area contributed by atoms with Gasteiger partial charge in [0.15, 0.2) is 0 Å². The molecule has 0 aliphatic carbocycles. The Morgan fingerprint density at radius 1 is 1.50 bits per heavy atom. The van der Waals surface area contributed by atoms with Crippen LogP contribution in [-0.4, -0.2) is 6.29 Å². The van der Waals surface area contributed by atoms with Crippen LogP contribution < -0.4 is 11.3 Å². The zero-order valence-electron chi connectivity index (χ0n) is 6.24. The van der Waals surface area contributed by atoms with Gasteiger partial charge in [0.25, 0.3) is 0 Å². The average Bonchev–Trinajstić information content (AvgIpc) is 2.16. The Balaban J connectivity index is 3.21. The molecule has 1 rings (SSSR count). The van der Waals surface area contributed by atoms with Crippen molar-refractivity contribution in [3.63, 3.8) is 0 Å². The van der Waals surface area contributed by atoms with Crippen LogP contribution in [0.25, 0.3) is 0 Å². The molecule has 0 atom stereocenters. The number of hydrogen-bond acceptors (Lipinski definition) is 4. The number of nitriles is 1. The van der Waals surface area contributed by atoms with Gasteiger partial charge in [-0.25, -0.2) is 0 Å². The zero-order chi connectivity index (χ0) is 8.97. The van der Waals surface area contributed by atoms with Crippen LogP contribution in [0.5, 0.6) is 0 Å². The number of anilines is 1. The Kier molecular flexibility index (Phi) is 2.41. The Labute approximate surface area is 69.6 Å². The first-order chi connectivity index (χ1) is 5.80. The van der Waals surface area contributed by atoms with Crippen LogP contribution in [0.1, 0.15) is 15.9 Å². The smallest absolute Gasteiger partial charge is 0.150 e. The number of nitrogen functional groups attached to an aromatic ring is 1. The van der Waals surface area contributed by atoms with Crippen molar-refractivity contribution in [3.05, 3.63) is 29.3 Å². The summed E-state index contributed by atoms with van der Waals surface area (Å²) in [5, 5.41) is 8.54. The van der Waals surface area contributed by atoms with Crippen LogP contribution >= 0.6 is 0 Å². The van der Waals surface area contributed by atoms with E-state index in [2.05, 4.69) is 5.43 Å². The minimum absolute atomic E-state index is 0.410. The predicted molar refractivity (Wildman–Crippen MR) is 44.4 cm³/mol. The fourth-order valence-corrected chi connectivity index (χ4v) is 0.868. The summed E-state index contributed by atoms with van der Waals surface area (Å²) in [6, 6.07) is 6.54. The second kappa shape index (κ2) is 3.51. The van der Waals surface area contributed by atoms with E-state index < -0.39 is 0 Å². The molecular formula is C8H7N3O. The molecule has 0 radical (unpaired) electrons. The fraction of sp³-hybridized carbons (Fsp3) is 0. The van der Waals surface area contributed by atoms with E-state index in [9.17, 15) is 4.79 Å². The molecule has 3 N–H and O–H groups in total. The summed E-state index contributed by atoms with van der Waals surface area (Å²) in [6.07, 6.45) is 0.668. The molecule has 0 amide bonds.